The van der Waals surface area contributed by atoms with Crippen molar-refractivity contribution in [3.05, 3.63) is 67.3 Å². The monoisotopic (exact) mass is 404 g/mol. The van der Waals surface area contributed by atoms with E-state index < -0.39 is 5.82 Å². The molecule has 0 aromatic heterocycles. The molecule has 0 bridgehead atoms. The molecule has 0 aliphatic carbocycles. The van der Waals surface area contributed by atoms with Crippen LogP contribution in [0.1, 0.15) is 15.9 Å². The predicted octanol–water partition coefficient (Wildman–Crippen LogP) is 5.43. The highest BCUT2D eigenvalue weighted by molar-refractivity contribution is 9.10. The fraction of sp³-hybridized carbons (Fsp3) is 0.0714. The molecule has 0 spiro atoms. The number of halogens is 4. The van der Waals surface area contributed by atoms with Gasteiger partial charge in [0.15, 0.2) is 5.78 Å². The molecular weight excluding hydrogens is 398 g/mol. The largest absolute Gasteiger partial charge is 0.294 e. The third-order valence-corrected chi connectivity index (χ3v) is 4.31. The van der Waals surface area contributed by atoms with Crippen molar-refractivity contribution in [1.82, 2.24) is 0 Å². The molecule has 1 nitrogen and oxygen atoms in total. The molecule has 2 aromatic rings. The lowest BCUT2D eigenvalue weighted by Gasteiger charge is -2.05. The van der Waals surface area contributed by atoms with Gasteiger partial charge in [-0.25, -0.2) is 4.39 Å². The molecule has 2 rings (SSSR count). The van der Waals surface area contributed by atoms with Gasteiger partial charge in [-0.15, -0.1) is 0 Å². The fourth-order valence-electron chi connectivity index (χ4n) is 1.61. The van der Waals surface area contributed by atoms with Crippen LogP contribution in [0.15, 0.2) is 45.3 Å². The van der Waals surface area contributed by atoms with E-state index in [2.05, 4.69) is 31.9 Å². The van der Waals surface area contributed by atoms with Crippen molar-refractivity contribution in [2.45, 2.75) is 6.42 Å². The van der Waals surface area contributed by atoms with Gasteiger partial charge in [-0.3, -0.25) is 4.79 Å². The Bertz CT molecular complexity index is 643. The maximum atomic E-state index is 13.7. The van der Waals surface area contributed by atoms with E-state index in [1.807, 2.05) is 0 Å². The van der Waals surface area contributed by atoms with Gasteiger partial charge in [0.2, 0.25) is 0 Å². The van der Waals surface area contributed by atoms with Crippen LogP contribution in [0.25, 0.3) is 0 Å². The fourth-order valence-corrected chi connectivity index (χ4v) is 2.44. The summed E-state index contributed by atoms with van der Waals surface area (Å²) in [5.74, 6) is -0.547. The Labute approximate surface area is 132 Å². The zero-order valence-corrected chi connectivity index (χ0v) is 13.5. The van der Waals surface area contributed by atoms with Gasteiger partial charge in [0.1, 0.15) is 5.82 Å². The first-order valence-corrected chi connectivity index (χ1v) is 7.36. The lowest BCUT2D eigenvalue weighted by atomic mass is 10.0. The average molecular weight is 406 g/mol. The van der Waals surface area contributed by atoms with Gasteiger partial charge >= 0.3 is 0 Å². The summed E-state index contributed by atoms with van der Waals surface area (Å²) in [6.45, 7) is 0. The Morgan fingerprint density at radius 2 is 1.89 bits per heavy atom. The molecule has 0 amide bonds. The SMILES string of the molecule is O=C(Cc1ccc(Br)cc1F)c1ccc(Cl)c(Br)c1. The van der Waals surface area contributed by atoms with Crippen molar-refractivity contribution in [1.29, 1.82) is 0 Å². The maximum Gasteiger partial charge on any atom is 0.167 e. The number of hydrogen-bond acceptors (Lipinski definition) is 1. The van der Waals surface area contributed by atoms with Crippen LogP contribution in [0, 0.1) is 5.82 Å². The van der Waals surface area contributed by atoms with E-state index in [9.17, 15) is 9.18 Å². The molecule has 0 aliphatic rings. The second-order valence-corrected chi connectivity index (χ2v) is 6.14. The zero-order valence-electron chi connectivity index (χ0n) is 9.59. The molecule has 5 heteroatoms. The maximum absolute atomic E-state index is 13.7. The third-order valence-electron chi connectivity index (χ3n) is 2.61. The van der Waals surface area contributed by atoms with Crippen molar-refractivity contribution in [2.24, 2.45) is 0 Å². The van der Waals surface area contributed by atoms with Gasteiger partial charge in [0.25, 0.3) is 0 Å². The van der Waals surface area contributed by atoms with E-state index in [1.54, 1.807) is 30.3 Å². The summed E-state index contributed by atoms with van der Waals surface area (Å²) in [7, 11) is 0. The standard InChI is InChI=1S/C14H8Br2ClFO/c15-10-3-1-8(13(18)7-10)6-14(19)9-2-4-12(17)11(16)5-9/h1-5,7H,6H2. The first-order valence-electron chi connectivity index (χ1n) is 5.39. The van der Waals surface area contributed by atoms with E-state index in [-0.39, 0.29) is 12.2 Å². The van der Waals surface area contributed by atoms with Crippen LogP contribution in [0.4, 0.5) is 4.39 Å². The van der Waals surface area contributed by atoms with Crippen molar-refractivity contribution >= 4 is 49.2 Å². The third kappa shape index (κ3) is 3.65. The van der Waals surface area contributed by atoms with Crippen LogP contribution in [-0.4, -0.2) is 5.78 Å². The van der Waals surface area contributed by atoms with E-state index in [0.29, 0.717) is 25.1 Å². The van der Waals surface area contributed by atoms with Crippen LogP contribution >= 0.6 is 43.5 Å². The van der Waals surface area contributed by atoms with Crippen LogP contribution < -0.4 is 0 Å². The first kappa shape index (κ1) is 14.7. The predicted molar refractivity (Wildman–Crippen MR) is 81.3 cm³/mol. The summed E-state index contributed by atoms with van der Waals surface area (Å²) in [5.41, 5.74) is 0.873. The molecule has 19 heavy (non-hydrogen) atoms. The normalized spacial score (nSPS) is 10.5. The molecule has 0 fully saturated rings. The molecule has 0 atom stereocenters. The summed E-state index contributed by atoms with van der Waals surface area (Å²) in [4.78, 5) is 12.1. The smallest absolute Gasteiger partial charge is 0.167 e. The van der Waals surface area contributed by atoms with Crippen molar-refractivity contribution in [2.75, 3.05) is 0 Å². The quantitative estimate of drug-likeness (QED) is 0.621. The molecule has 0 saturated carbocycles. The Morgan fingerprint density at radius 1 is 1.16 bits per heavy atom. The highest BCUT2D eigenvalue weighted by atomic mass is 79.9. The topological polar surface area (TPSA) is 17.1 Å². The van der Waals surface area contributed by atoms with Crippen molar-refractivity contribution in [3.8, 4) is 0 Å². The molecule has 98 valence electrons. The second-order valence-electron chi connectivity index (χ2n) is 3.96. The molecular formula is C14H8Br2ClFO. The molecule has 0 radical (unpaired) electrons. The number of carbonyl (C=O) groups excluding carboxylic acids is 1. The number of Topliss-reactive ketones (excluding diaryl/α,β-unsaturated/α-hetero) is 1. The number of rotatable bonds is 3. The highest BCUT2D eigenvalue weighted by Gasteiger charge is 2.12. The Kier molecular flexibility index (Phi) is 4.76. The molecule has 0 aliphatic heterocycles. The summed E-state index contributed by atoms with van der Waals surface area (Å²) in [5, 5.41) is 0.534. The van der Waals surface area contributed by atoms with E-state index in [4.69, 9.17) is 11.6 Å². The van der Waals surface area contributed by atoms with Gasteiger partial charge < -0.3 is 0 Å². The number of ketones is 1. The second kappa shape index (κ2) is 6.16. The average Bonchev–Trinajstić information content (AvgIpc) is 2.36. The minimum atomic E-state index is -0.393. The lowest BCUT2D eigenvalue weighted by molar-refractivity contribution is 0.0992. The highest BCUT2D eigenvalue weighted by Crippen LogP contribution is 2.24. The number of hydrogen-bond donors (Lipinski definition) is 0. The van der Waals surface area contributed by atoms with E-state index in [1.165, 1.54) is 6.07 Å². The summed E-state index contributed by atoms with van der Waals surface area (Å²) in [6.07, 6.45) is 0.0210. The minimum Gasteiger partial charge on any atom is -0.294 e. The molecule has 0 N–H and O–H groups in total. The van der Waals surface area contributed by atoms with Crippen molar-refractivity contribution < 1.29 is 9.18 Å². The first-order chi connectivity index (χ1) is 8.97. The van der Waals surface area contributed by atoms with Gasteiger partial charge in [-0.05, 0) is 51.8 Å². The van der Waals surface area contributed by atoms with Crippen LogP contribution in [-0.2, 0) is 6.42 Å². The van der Waals surface area contributed by atoms with Crippen LogP contribution in [0.2, 0.25) is 5.02 Å². The Hall–Kier alpha value is -0.710. The summed E-state index contributed by atoms with van der Waals surface area (Å²) < 4.78 is 15.0. The van der Waals surface area contributed by atoms with Crippen molar-refractivity contribution in [3.63, 3.8) is 0 Å². The van der Waals surface area contributed by atoms with Gasteiger partial charge in [0, 0.05) is 20.9 Å². The summed E-state index contributed by atoms with van der Waals surface area (Å²) >= 11 is 12.3. The molecule has 0 unspecified atom stereocenters. The molecule has 0 saturated heterocycles. The van der Waals surface area contributed by atoms with Gasteiger partial charge in [0.05, 0.1) is 5.02 Å². The van der Waals surface area contributed by atoms with Gasteiger partial charge in [-0.1, -0.05) is 33.6 Å². The van der Waals surface area contributed by atoms with Gasteiger partial charge in [-0.2, -0.15) is 0 Å². The number of carbonyl (C=O) groups is 1. The van der Waals surface area contributed by atoms with E-state index >= 15 is 0 Å². The summed E-state index contributed by atoms with van der Waals surface area (Å²) in [6, 6.07) is 9.57. The molecule has 2 aromatic carbocycles. The Balaban J connectivity index is 2.23. The lowest BCUT2D eigenvalue weighted by Crippen LogP contribution is -2.05. The van der Waals surface area contributed by atoms with E-state index in [0.717, 1.165) is 0 Å². The zero-order chi connectivity index (χ0) is 14.0. The number of benzene rings is 2. The Morgan fingerprint density at radius 3 is 2.53 bits per heavy atom. The van der Waals surface area contributed by atoms with Crippen LogP contribution in [0.3, 0.4) is 0 Å². The molecule has 0 heterocycles. The minimum absolute atomic E-state index is 0.0210. The van der Waals surface area contributed by atoms with Crippen LogP contribution in [0.5, 0.6) is 0 Å².